The van der Waals surface area contributed by atoms with Crippen molar-refractivity contribution in [2.75, 3.05) is 0 Å². The first-order valence-electron chi connectivity index (χ1n) is 6.01. The lowest BCUT2D eigenvalue weighted by atomic mass is 9.82. The van der Waals surface area contributed by atoms with Crippen LogP contribution in [0.3, 0.4) is 0 Å². The lowest BCUT2D eigenvalue weighted by Crippen LogP contribution is -2.41. The number of rotatable bonds is 5. The Hall–Kier alpha value is -1.06. The Bertz CT molecular complexity index is 262. The number of carboxylic acids is 1. The summed E-state index contributed by atoms with van der Waals surface area (Å²) in [6.07, 6.45) is 4.37. The van der Waals surface area contributed by atoms with Crippen molar-refractivity contribution >= 4 is 11.9 Å². The van der Waals surface area contributed by atoms with Gasteiger partial charge in [0, 0.05) is 0 Å². The number of carbonyl (C=O) groups excluding carboxylic acids is 1. The molecule has 0 amide bonds. The Morgan fingerprint density at radius 3 is 2.12 bits per heavy atom. The van der Waals surface area contributed by atoms with Crippen LogP contribution in [0.4, 0.5) is 0 Å². The van der Waals surface area contributed by atoms with Gasteiger partial charge in [-0.2, -0.15) is 0 Å². The molecule has 0 unspecified atom stereocenters. The van der Waals surface area contributed by atoms with Gasteiger partial charge in [-0.1, -0.05) is 13.8 Å². The zero-order valence-corrected chi connectivity index (χ0v) is 9.99. The molecule has 0 radical (unpaired) electrons. The summed E-state index contributed by atoms with van der Waals surface area (Å²) in [5.74, 6) is -1.63. The van der Waals surface area contributed by atoms with Crippen molar-refractivity contribution in [1.29, 1.82) is 0 Å². The smallest absolute Gasteiger partial charge is 0.323 e. The summed E-state index contributed by atoms with van der Waals surface area (Å²) in [6, 6.07) is 0. The molecule has 0 saturated heterocycles. The van der Waals surface area contributed by atoms with Crippen LogP contribution in [0.5, 0.6) is 0 Å². The predicted octanol–water partition coefficient (Wildman–Crippen LogP) is 2.36. The monoisotopic (exact) mass is 228 g/mol. The van der Waals surface area contributed by atoms with E-state index in [9.17, 15) is 9.59 Å². The number of carbonyl (C=O) groups is 2. The Balaban J connectivity index is 2.70. The van der Waals surface area contributed by atoms with Gasteiger partial charge in [0.05, 0.1) is 0 Å². The van der Waals surface area contributed by atoms with Crippen molar-refractivity contribution in [2.45, 2.75) is 58.5 Å². The molecule has 0 spiro atoms. The zero-order chi connectivity index (χ0) is 12.2. The fourth-order valence-corrected chi connectivity index (χ4v) is 2.20. The van der Waals surface area contributed by atoms with Crippen LogP contribution >= 0.6 is 0 Å². The van der Waals surface area contributed by atoms with Crippen LogP contribution in [-0.4, -0.2) is 23.1 Å². The second kappa shape index (κ2) is 5.32. The summed E-state index contributed by atoms with van der Waals surface area (Å²) in [5, 5.41) is 9.17. The standard InChI is InChI=1S/C12H20O4/c1-3-12(4-2,10(13)14)11(15)16-9-7-5-6-8-9/h9H,3-8H2,1-2H3,(H,13,14). The average Bonchev–Trinajstić information content (AvgIpc) is 2.72. The normalized spacial score (nSPS) is 17.4. The second-order valence-electron chi connectivity index (χ2n) is 4.41. The van der Waals surface area contributed by atoms with E-state index in [0.29, 0.717) is 0 Å². The molecule has 1 aliphatic carbocycles. The lowest BCUT2D eigenvalue weighted by Gasteiger charge is -2.26. The summed E-state index contributed by atoms with van der Waals surface area (Å²) in [5.41, 5.74) is -1.34. The molecule has 0 aromatic heterocycles. The van der Waals surface area contributed by atoms with Crippen LogP contribution in [0.25, 0.3) is 0 Å². The molecule has 0 heterocycles. The summed E-state index contributed by atoms with van der Waals surface area (Å²) >= 11 is 0. The third-order valence-corrected chi connectivity index (χ3v) is 3.58. The molecule has 1 saturated carbocycles. The molecule has 1 N–H and O–H groups in total. The van der Waals surface area contributed by atoms with Crippen molar-refractivity contribution in [1.82, 2.24) is 0 Å². The van der Waals surface area contributed by atoms with Gasteiger partial charge in [0.15, 0.2) is 5.41 Å². The lowest BCUT2D eigenvalue weighted by molar-refractivity contribution is -0.173. The predicted molar refractivity (Wildman–Crippen MR) is 59.0 cm³/mol. The van der Waals surface area contributed by atoms with E-state index in [1.165, 1.54) is 0 Å². The number of ether oxygens (including phenoxy) is 1. The highest BCUT2D eigenvalue weighted by atomic mass is 16.5. The van der Waals surface area contributed by atoms with Crippen molar-refractivity contribution in [2.24, 2.45) is 5.41 Å². The molecule has 0 bridgehead atoms. The Morgan fingerprint density at radius 2 is 1.75 bits per heavy atom. The molecule has 4 nitrogen and oxygen atoms in total. The van der Waals surface area contributed by atoms with E-state index in [2.05, 4.69) is 0 Å². The molecular weight excluding hydrogens is 208 g/mol. The maximum Gasteiger partial charge on any atom is 0.323 e. The van der Waals surface area contributed by atoms with Crippen molar-refractivity contribution < 1.29 is 19.4 Å². The fraction of sp³-hybridized carbons (Fsp3) is 0.833. The maximum atomic E-state index is 11.9. The van der Waals surface area contributed by atoms with Gasteiger partial charge in [0.2, 0.25) is 0 Å². The Morgan fingerprint density at radius 1 is 1.25 bits per heavy atom. The highest BCUT2D eigenvalue weighted by Gasteiger charge is 2.45. The fourth-order valence-electron chi connectivity index (χ4n) is 2.20. The highest BCUT2D eigenvalue weighted by Crippen LogP contribution is 2.31. The van der Waals surface area contributed by atoms with Gasteiger partial charge in [-0.05, 0) is 38.5 Å². The third kappa shape index (κ3) is 2.36. The van der Waals surface area contributed by atoms with Crippen LogP contribution < -0.4 is 0 Å². The molecule has 0 aromatic carbocycles. The quantitative estimate of drug-likeness (QED) is 0.579. The van der Waals surface area contributed by atoms with Crippen LogP contribution in [-0.2, 0) is 14.3 Å². The Labute approximate surface area is 96.0 Å². The van der Waals surface area contributed by atoms with E-state index in [4.69, 9.17) is 9.84 Å². The second-order valence-corrected chi connectivity index (χ2v) is 4.41. The summed E-state index contributed by atoms with van der Waals surface area (Å²) < 4.78 is 5.30. The molecule has 0 aromatic rings. The minimum absolute atomic E-state index is 0.0654. The molecule has 1 aliphatic rings. The van der Waals surface area contributed by atoms with Crippen LogP contribution in [0.2, 0.25) is 0 Å². The van der Waals surface area contributed by atoms with E-state index in [-0.39, 0.29) is 18.9 Å². The number of carboxylic acid groups (broad SMARTS) is 1. The molecule has 0 atom stereocenters. The van der Waals surface area contributed by atoms with Gasteiger partial charge in [-0.15, -0.1) is 0 Å². The first-order valence-corrected chi connectivity index (χ1v) is 6.01. The summed E-state index contributed by atoms with van der Waals surface area (Å²) in [7, 11) is 0. The zero-order valence-electron chi connectivity index (χ0n) is 9.99. The topological polar surface area (TPSA) is 63.6 Å². The number of hydrogen-bond donors (Lipinski definition) is 1. The third-order valence-electron chi connectivity index (χ3n) is 3.58. The van der Waals surface area contributed by atoms with Gasteiger partial charge in [0.1, 0.15) is 6.10 Å². The van der Waals surface area contributed by atoms with Crippen molar-refractivity contribution in [3.05, 3.63) is 0 Å². The van der Waals surface area contributed by atoms with E-state index in [0.717, 1.165) is 25.7 Å². The number of esters is 1. The number of aliphatic carboxylic acids is 1. The highest BCUT2D eigenvalue weighted by molar-refractivity contribution is 5.99. The van der Waals surface area contributed by atoms with E-state index >= 15 is 0 Å². The summed E-state index contributed by atoms with van der Waals surface area (Å²) in [4.78, 5) is 23.1. The Kier molecular flexibility index (Phi) is 4.33. The van der Waals surface area contributed by atoms with Crippen LogP contribution in [0.1, 0.15) is 52.4 Å². The van der Waals surface area contributed by atoms with Gasteiger partial charge in [-0.25, -0.2) is 0 Å². The van der Waals surface area contributed by atoms with E-state index in [1.54, 1.807) is 13.8 Å². The minimum atomic E-state index is -1.34. The number of hydrogen-bond acceptors (Lipinski definition) is 3. The first-order chi connectivity index (χ1) is 7.56. The maximum absolute atomic E-state index is 11.9. The molecule has 1 fully saturated rings. The molecule has 4 heteroatoms. The minimum Gasteiger partial charge on any atom is -0.480 e. The van der Waals surface area contributed by atoms with Crippen molar-refractivity contribution in [3.63, 3.8) is 0 Å². The van der Waals surface area contributed by atoms with E-state index < -0.39 is 17.4 Å². The van der Waals surface area contributed by atoms with Gasteiger partial charge in [-0.3, -0.25) is 9.59 Å². The summed E-state index contributed by atoms with van der Waals surface area (Å²) in [6.45, 7) is 3.43. The largest absolute Gasteiger partial charge is 0.480 e. The molecule has 92 valence electrons. The SMILES string of the molecule is CCC(CC)(C(=O)O)C(=O)OC1CCCC1. The van der Waals surface area contributed by atoms with Gasteiger partial charge < -0.3 is 9.84 Å². The molecule has 1 rings (SSSR count). The molecular formula is C12H20O4. The molecule has 16 heavy (non-hydrogen) atoms. The van der Waals surface area contributed by atoms with Crippen LogP contribution in [0, 0.1) is 5.41 Å². The average molecular weight is 228 g/mol. The van der Waals surface area contributed by atoms with Crippen molar-refractivity contribution in [3.8, 4) is 0 Å². The first kappa shape index (κ1) is 13.0. The molecule has 0 aliphatic heterocycles. The van der Waals surface area contributed by atoms with Gasteiger partial charge in [0.25, 0.3) is 0 Å². The van der Waals surface area contributed by atoms with Crippen LogP contribution in [0.15, 0.2) is 0 Å². The van der Waals surface area contributed by atoms with E-state index in [1.807, 2.05) is 0 Å². The van der Waals surface area contributed by atoms with Gasteiger partial charge >= 0.3 is 11.9 Å².